The molecule has 2 aromatic carbocycles. The van der Waals surface area contributed by atoms with Gasteiger partial charge in [-0.25, -0.2) is 4.39 Å². The fourth-order valence-corrected chi connectivity index (χ4v) is 3.67. The van der Waals surface area contributed by atoms with Gasteiger partial charge < -0.3 is 14.8 Å². The molecule has 0 saturated heterocycles. The van der Waals surface area contributed by atoms with Gasteiger partial charge in [-0.15, -0.1) is 16.8 Å². The second-order valence-electron chi connectivity index (χ2n) is 6.22. The van der Waals surface area contributed by atoms with Gasteiger partial charge in [0.05, 0.1) is 18.6 Å². The van der Waals surface area contributed by atoms with Gasteiger partial charge in [-0.3, -0.25) is 9.36 Å². The fourth-order valence-electron chi connectivity index (χ4n) is 2.57. The zero-order valence-electron chi connectivity index (χ0n) is 16.7. The van der Waals surface area contributed by atoms with Crippen LogP contribution in [0.1, 0.15) is 5.82 Å². The lowest BCUT2D eigenvalue weighted by molar-refractivity contribution is -0.113. The van der Waals surface area contributed by atoms with Crippen LogP contribution in [0.25, 0.3) is 0 Å². The number of nitrogens with zero attached hydrogens (tertiary/aromatic N) is 3. The fraction of sp³-hybridized carbons (Fsp3) is 0.190. The molecule has 1 heterocycles. The summed E-state index contributed by atoms with van der Waals surface area (Å²) in [5.41, 5.74) is 0.120. The first kappa shape index (κ1) is 22.8. The number of aromatic nitrogens is 3. The van der Waals surface area contributed by atoms with Crippen LogP contribution in [0.3, 0.4) is 0 Å². The molecule has 162 valence electrons. The Bertz CT molecular complexity index is 1060. The Labute approximate surface area is 191 Å². The van der Waals surface area contributed by atoms with Crippen LogP contribution in [-0.4, -0.2) is 33.5 Å². The number of carbonyl (C=O) groups is 1. The number of amides is 1. The summed E-state index contributed by atoms with van der Waals surface area (Å²) in [6.07, 6.45) is 1.71. The molecule has 1 N–H and O–H groups in total. The molecule has 1 aromatic heterocycles. The molecule has 0 aliphatic carbocycles. The van der Waals surface area contributed by atoms with E-state index in [2.05, 4.69) is 38.0 Å². The summed E-state index contributed by atoms with van der Waals surface area (Å²) in [7, 11) is 1.60. The smallest absolute Gasteiger partial charge is 0.234 e. The maximum absolute atomic E-state index is 13.9. The topological polar surface area (TPSA) is 78.3 Å². The number of nitrogens with one attached hydrogen (secondary N) is 1. The van der Waals surface area contributed by atoms with Crippen molar-refractivity contribution in [1.29, 1.82) is 0 Å². The summed E-state index contributed by atoms with van der Waals surface area (Å²) < 4.78 is 27.2. The van der Waals surface area contributed by atoms with Crippen molar-refractivity contribution in [1.82, 2.24) is 14.8 Å². The first-order chi connectivity index (χ1) is 15.0. The van der Waals surface area contributed by atoms with Gasteiger partial charge in [0.1, 0.15) is 23.9 Å². The highest BCUT2D eigenvalue weighted by molar-refractivity contribution is 9.10. The van der Waals surface area contributed by atoms with E-state index in [0.717, 1.165) is 5.75 Å². The second-order valence-corrected chi connectivity index (χ2v) is 8.08. The van der Waals surface area contributed by atoms with E-state index in [-0.39, 0.29) is 24.0 Å². The number of allylic oxidation sites excluding steroid dienone is 1. The highest BCUT2D eigenvalue weighted by atomic mass is 79.9. The Hall–Kier alpha value is -2.85. The molecular formula is C21H20BrFN4O3S. The predicted molar refractivity (Wildman–Crippen MR) is 121 cm³/mol. The van der Waals surface area contributed by atoms with Gasteiger partial charge >= 0.3 is 0 Å². The van der Waals surface area contributed by atoms with Crippen molar-refractivity contribution in [3.05, 3.63) is 71.2 Å². The molecule has 10 heteroatoms. The minimum atomic E-state index is -0.513. The molecule has 3 aromatic rings. The van der Waals surface area contributed by atoms with E-state index in [4.69, 9.17) is 9.47 Å². The monoisotopic (exact) mass is 506 g/mol. The summed E-state index contributed by atoms with van der Waals surface area (Å²) in [6.45, 7) is 4.41. The Kier molecular flexibility index (Phi) is 8.07. The summed E-state index contributed by atoms with van der Waals surface area (Å²) in [5, 5.41) is 11.4. The molecule has 0 unspecified atom stereocenters. The molecule has 31 heavy (non-hydrogen) atoms. The largest absolute Gasteiger partial charge is 0.497 e. The number of ether oxygens (including phenoxy) is 2. The highest BCUT2D eigenvalue weighted by Gasteiger charge is 2.15. The number of rotatable bonds is 10. The number of anilines is 1. The van der Waals surface area contributed by atoms with Crippen LogP contribution in [0.5, 0.6) is 11.5 Å². The first-order valence-electron chi connectivity index (χ1n) is 9.17. The van der Waals surface area contributed by atoms with E-state index < -0.39 is 5.82 Å². The number of hydrogen-bond acceptors (Lipinski definition) is 6. The average molecular weight is 507 g/mol. The average Bonchev–Trinajstić information content (AvgIpc) is 3.15. The normalized spacial score (nSPS) is 10.5. The van der Waals surface area contributed by atoms with Crippen LogP contribution in [0, 0.1) is 5.82 Å². The number of hydrogen-bond donors (Lipinski definition) is 1. The van der Waals surface area contributed by atoms with E-state index in [1.807, 2.05) is 4.57 Å². The summed E-state index contributed by atoms with van der Waals surface area (Å²) in [5.74, 6) is 1.18. The van der Waals surface area contributed by atoms with Crippen molar-refractivity contribution in [2.75, 3.05) is 18.2 Å². The van der Waals surface area contributed by atoms with Gasteiger partial charge in [0, 0.05) is 11.0 Å². The van der Waals surface area contributed by atoms with Crippen molar-refractivity contribution in [2.45, 2.75) is 18.3 Å². The molecule has 0 aliphatic heterocycles. The van der Waals surface area contributed by atoms with E-state index in [9.17, 15) is 9.18 Å². The Morgan fingerprint density at radius 1 is 1.26 bits per heavy atom. The zero-order chi connectivity index (χ0) is 22.2. The molecule has 0 bridgehead atoms. The third-order valence-electron chi connectivity index (χ3n) is 4.07. The van der Waals surface area contributed by atoms with Gasteiger partial charge in [0.25, 0.3) is 0 Å². The second kappa shape index (κ2) is 11.0. The van der Waals surface area contributed by atoms with Gasteiger partial charge in [0.15, 0.2) is 11.0 Å². The van der Waals surface area contributed by atoms with Gasteiger partial charge in [-0.1, -0.05) is 33.8 Å². The van der Waals surface area contributed by atoms with Gasteiger partial charge in [-0.05, 0) is 42.5 Å². The molecule has 7 nitrogen and oxygen atoms in total. The van der Waals surface area contributed by atoms with Crippen LogP contribution in [0.4, 0.5) is 10.1 Å². The highest BCUT2D eigenvalue weighted by Crippen LogP contribution is 2.22. The third-order valence-corrected chi connectivity index (χ3v) is 5.53. The van der Waals surface area contributed by atoms with Crippen molar-refractivity contribution < 1.29 is 18.7 Å². The molecule has 3 rings (SSSR count). The van der Waals surface area contributed by atoms with Crippen LogP contribution in [0.2, 0.25) is 0 Å². The van der Waals surface area contributed by atoms with Crippen molar-refractivity contribution in [3.63, 3.8) is 0 Å². The standard InChI is InChI=1S/C21H20BrFN4O3S/c1-3-10-27-19(12-30-16-7-5-15(29-2)6-8-16)25-26-21(27)31-13-20(28)24-18-9-4-14(22)11-17(18)23/h3-9,11H,1,10,12-13H2,2H3,(H,24,28). The van der Waals surface area contributed by atoms with Crippen LogP contribution in [0.15, 0.2) is 64.7 Å². The lowest BCUT2D eigenvalue weighted by Crippen LogP contribution is -2.16. The molecule has 0 radical (unpaired) electrons. The summed E-state index contributed by atoms with van der Waals surface area (Å²) >= 11 is 4.38. The number of carbonyl (C=O) groups excluding carboxylic acids is 1. The van der Waals surface area contributed by atoms with E-state index in [0.29, 0.717) is 27.7 Å². The van der Waals surface area contributed by atoms with Crippen molar-refractivity contribution in [2.24, 2.45) is 0 Å². The van der Waals surface area contributed by atoms with Crippen molar-refractivity contribution >= 4 is 39.3 Å². The third kappa shape index (κ3) is 6.31. The Balaban J connectivity index is 1.61. The maximum Gasteiger partial charge on any atom is 0.234 e. The molecular weight excluding hydrogens is 487 g/mol. The molecule has 0 aliphatic rings. The van der Waals surface area contributed by atoms with Crippen LogP contribution < -0.4 is 14.8 Å². The quantitative estimate of drug-likeness (QED) is 0.317. The lowest BCUT2D eigenvalue weighted by Gasteiger charge is -2.10. The number of methoxy groups -OCH3 is 1. The minimum Gasteiger partial charge on any atom is -0.497 e. The molecule has 0 fully saturated rings. The first-order valence-corrected chi connectivity index (χ1v) is 11.0. The summed E-state index contributed by atoms with van der Waals surface area (Å²) in [4.78, 5) is 12.2. The number of thioether (sulfide) groups is 1. The summed E-state index contributed by atoms with van der Waals surface area (Å²) in [6, 6.07) is 11.6. The predicted octanol–water partition coefficient (Wildman–Crippen LogP) is 4.68. The molecule has 0 spiro atoms. The number of halogens is 2. The van der Waals surface area contributed by atoms with E-state index in [1.54, 1.807) is 43.5 Å². The molecule has 1 amide bonds. The van der Waals surface area contributed by atoms with Crippen LogP contribution >= 0.6 is 27.7 Å². The van der Waals surface area contributed by atoms with E-state index >= 15 is 0 Å². The Morgan fingerprint density at radius 3 is 2.68 bits per heavy atom. The van der Waals surface area contributed by atoms with Crippen LogP contribution in [-0.2, 0) is 17.9 Å². The molecule has 0 atom stereocenters. The Morgan fingerprint density at radius 2 is 2.00 bits per heavy atom. The minimum absolute atomic E-state index is 0.0458. The lowest BCUT2D eigenvalue weighted by atomic mass is 10.3. The number of benzene rings is 2. The SMILES string of the molecule is C=CCn1c(COc2ccc(OC)cc2)nnc1SCC(=O)Nc1ccc(Br)cc1F. The maximum atomic E-state index is 13.9. The van der Waals surface area contributed by atoms with Gasteiger partial charge in [0.2, 0.25) is 5.91 Å². The van der Waals surface area contributed by atoms with Gasteiger partial charge in [-0.2, -0.15) is 0 Å². The zero-order valence-corrected chi connectivity index (χ0v) is 19.1. The van der Waals surface area contributed by atoms with E-state index in [1.165, 1.54) is 23.9 Å². The molecule has 0 saturated carbocycles. The van der Waals surface area contributed by atoms with Crippen molar-refractivity contribution in [3.8, 4) is 11.5 Å².